The van der Waals surface area contributed by atoms with Gasteiger partial charge in [0, 0.05) is 26.2 Å². The van der Waals surface area contributed by atoms with Crippen LogP contribution in [0.2, 0.25) is 0 Å². The minimum Gasteiger partial charge on any atom is -0.379 e. The molecule has 1 saturated carbocycles. The van der Waals surface area contributed by atoms with Crippen LogP contribution in [0.5, 0.6) is 0 Å². The molecule has 3 rings (SSSR count). The Morgan fingerprint density at radius 1 is 1.30 bits per heavy atom. The third-order valence-electron chi connectivity index (χ3n) is 4.85. The number of hydrogen-bond donors (Lipinski definition) is 1. The lowest BCUT2D eigenvalue weighted by atomic mass is 9.96. The highest BCUT2D eigenvalue weighted by Gasteiger charge is 2.30. The summed E-state index contributed by atoms with van der Waals surface area (Å²) >= 11 is 5.45. The number of methoxy groups -OCH3 is 1. The first-order chi connectivity index (χ1) is 9.70. The van der Waals surface area contributed by atoms with Crippen molar-refractivity contribution in [2.45, 2.75) is 51.2 Å². The largest absolute Gasteiger partial charge is 0.379 e. The van der Waals surface area contributed by atoms with Crippen molar-refractivity contribution in [3.05, 3.63) is 4.77 Å². The van der Waals surface area contributed by atoms with Gasteiger partial charge in [0.15, 0.2) is 4.77 Å². The van der Waals surface area contributed by atoms with Crippen LogP contribution in [0.4, 0.5) is 5.95 Å². The average molecular weight is 296 g/mol. The summed E-state index contributed by atoms with van der Waals surface area (Å²) in [6.45, 7) is 4.21. The van der Waals surface area contributed by atoms with Gasteiger partial charge in [-0.25, -0.2) is 5.10 Å². The highest BCUT2D eigenvalue weighted by Crippen LogP contribution is 2.33. The zero-order valence-corrected chi connectivity index (χ0v) is 13.2. The van der Waals surface area contributed by atoms with Gasteiger partial charge < -0.3 is 9.64 Å². The summed E-state index contributed by atoms with van der Waals surface area (Å²) < 4.78 is 8.62. The Kier molecular flexibility index (Phi) is 4.12. The van der Waals surface area contributed by atoms with E-state index in [1.807, 2.05) is 0 Å². The molecule has 2 atom stereocenters. The van der Waals surface area contributed by atoms with Crippen molar-refractivity contribution in [3.63, 3.8) is 0 Å². The maximum absolute atomic E-state index is 5.61. The fourth-order valence-electron chi connectivity index (χ4n) is 3.53. The Balaban J connectivity index is 1.85. The zero-order valence-electron chi connectivity index (χ0n) is 12.3. The molecule has 2 fully saturated rings. The molecule has 1 aliphatic heterocycles. The van der Waals surface area contributed by atoms with Gasteiger partial charge >= 0.3 is 0 Å². The molecule has 1 aromatic rings. The third-order valence-corrected chi connectivity index (χ3v) is 5.14. The maximum atomic E-state index is 5.61. The van der Waals surface area contributed by atoms with Crippen LogP contribution in [-0.4, -0.2) is 41.1 Å². The molecule has 0 aromatic carbocycles. The van der Waals surface area contributed by atoms with Crippen molar-refractivity contribution in [3.8, 4) is 0 Å². The number of hydrogen-bond acceptors (Lipinski definition) is 4. The fourth-order valence-corrected chi connectivity index (χ4v) is 3.81. The predicted molar refractivity (Wildman–Crippen MR) is 81.7 cm³/mol. The highest BCUT2D eigenvalue weighted by atomic mass is 32.1. The number of H-pyrrole nitrogens is 1. The number of piperidine rings is 1. The van der Waals surface area contributed by atoms with Crippen LogP contribution >= 0.6 is 12.2 Å². The molecule has 2 unspecified atom stereocenters. The number of anilines is 1. The van der Waals surface area contributed by atoms with Gasteiger partial charge in [-0.2, -0.15) is 0 Å². The molecule has 0 amide bonds. The normalized spacial score (nSPS) is 28.2. The first-order valence-electron chi connectivity index (χ1n) is 7.65. The number of aromatic amines is 1. The Labute approximate surface area is 125 Å². The van der Waals surface area contributed by atoms with Gasteiger partial charge in [-0.3, -0.25) is 4.57 Å². The second-order valence-corrected chi connectivity index (χ2v) is 6.51. The van der Waals surface area contributed by atoms with E-state index >= 15 is 0 Å². The van der Waals surface area contributed by atoms with Gasteiger partial charge in [0.1, 0.15) is 0 Å². The van der Waals surface area contributed by atoms with Crippen LogP contribution in [0.25, 0.3) is 0 Å². The molecule has 2 heterocycles. The van der Waals surface area contributed by atoms with Crippen LogP contribution in [0.1, 0.15) is 45.1 Å². The lowest BCUT2D eigenvalue weighted by Gasteiger charge is -2.37. The van der Waals surface area contributed by atoms with Gasteiger partial charge in [-0.05, 0) is 37.4 Å². The van der Waals surface area contributed by atoms with E-state index in [0.717, 1.165) is 30.2 Å². The standard InChI is InChI=1S/C14H24N4OS/c1-10-7-8-17(9-12(10)19-2)13-15-16-14(20)18(13)11-5-3-4-6-11/h10-12H,3-9H2,1-2H3,(H,16,20). The van der Waals surface area contributed by atoms with Gasteiger partial charge in [0.2, 0.25) is 5.95 Å². The second kappa shape index (κ2) is 5.85. The van der Waals surface area contributed by atoms with Crippen LogP contribution < -0.4 is 4.90 Å². The summed E-state index contributed by atoms with van der Waals surface area (Å²) in [6, 6.07) is 0.525. The van der Waals surface area contributed by atoms with E-state index in [1.165, 1.54) is 25.7 Å². The number of nitrogens with one attached hydrogen (secondary N) is 1. The van der Waals surface area contributed by atoms with Crippen LogP contribution in [0.3, 0.4) is 0 Å². The maximum Gasteiger partial charge on any atom is 0.226 e. The molecule has 2 aliphatic rings. The molecule has 0 spiro atoms. The number of aromatic nitrogens is 3. The van der Waals surface area contributed by atoms with E-state index < -0.39 is 0 Å². The van der Waals surface area contributed by atoms with E-state index in [-0.39, 0.29) is 6.10 Å². The SMILES string of the molecule is COC1CN(c2n[nH]c(=S)n2C2CCCC2)CCC1C. The molecular weight excluding hydrogens is 272 g/mol. The van der Waals surface area contributed by atoms with Gasteiger partial charge in [0.25, 0.3) is 0 Å². The minimum absolute atomic E-state index is 0.283. The molecule has 1 saturated heterocycles. The first-order valence-corrected chi connectivity index (χ1v) is 8.06. The topological polar surface area (TPSA) is 46.1 Å². The second-order valence-electron chi connectivity index (χ2n) is 6.12. The molecule has 20 heavy (non-hydrogen) atoms. The predicted octanol–water partition coefficient (Wildman–Crippen LogP) is 2.92. The Hall–Kier alpha value is -0.880. The van der Waals surface area contributed by atoms with Crippen molar-refractivity contribution < 1.29 is 4.74 Å². The summed E-state index contributed by atoms with van der Waals surface area (Å²) in [5.41, 5.74) is 0. The Morgan fingerprint density at radius 3 is 2.75 bits per heavy atom. The molecule has 112 valence electrons. The molecule has 5 nitrogen and oxygen atoms in total. The molecule has 1 aromatic heterocycles. The van der Waals surface area contributed by atoms with Crippen LogP contribution in [0, 0.1) is 10.7 Å². The monoisotopic (exact) mass is 296 g/mol. The molecule has 0 bridgehead atoms. The molecular formula is C14H24N4OS. The Bertz CT molecular complexity index is 506. The number of nitrogens with zero attached hydrogens (tertiary/aromatic N) is 3. The van der Waals surface area contributed by atoms with Gasteiger partial charge in [-0.15, -0.1) is 5.10 Å². The number of rotatable bonds is 3. The van der Waals surface area contributed by atoms with Crippen molar-refractivity contribution >= 4 is 18.2 Å². The van der Waals surface area contributed by atoms with Crippen molar-refractivity contribution in [1.82, 2.24) is 14.8 Å². The quantitative estimate of drug-likeness (QED) is 0.871. The van der Waals surface area contributed by atoms with E-state index in [1.54, 1.807) is 7.11 Å². The van der Waals surface area contributed by atoms with Crippen molar-refractivity contribution in [2.75, 3.05) is 25.1 Å². The van der Waals surface area contributed by atoms with E-state index in [4.69, 9.17) is 17.0 Å². The molecule has 0 radical (unpaired) electrons. The van der Waals surface area contributed by atoms with Crippen molar-refractivity contribution in [1.29, 1.82) is 0 Å². The number of ether oxygens (including phenoxy) is 1. The molecule has 1 aliphatic carbocycles. The summed E-state index contributed by atoms with van der Waals surface area (Å²) in [4.78, 5) is 2.33. The summed E-state index contributed by atoms with van der Waals surface area (Å²) in [7, 11) is 1.80. The Morgan fingerprint density at radius 2 is 2.05 bits per heavy atom. The van der Waals surface area contributed by atoms with Crippen molar-refractivity contribution in [2.24, 2.45) is 5.92 Å². The minimum atomic E-state index is 0.283. The average Bonchev–Trinajstić information content (AvgIpc) is 3.08. The van der Waals surface area contributed by atoms with Gasteiger partial charge in [-0.1, -0.05) is 19.8 Å². The third kappa shape index (κ3) is 2.51. The highest BCUT2D eigenvalue weighted by molar-refractivity contribution is 7.71. The van der Waals surface area contributed by atoms with Crippen LogP contribution in [-0.2, 0) is 4.74 Å². The van der Waals surface area contributed by atoms with Gasteiger partial charge in [0.05, 0.1) is 6.10 Å². The molecule has 6 heteroatoms. The summed E-state index contributed by atoms with van der Waals surface area (Å²) in [5, 5.41) is 7.48. The first kappa shape index (κ1) is 14.1. The molecule has 1 N–H and O–H groups in total. The van der Waals surface area contributed by atoms with Crippen LogP contribution in [0.15, 0.2) is 0 Å². The summed E-state index contributed by atoms with van der Waals surface area (Å²) in [6.07, 6.45) is 6.47. The summed E-state index contributed by atoms with van der Waals surface area (Å²) in [5.74, 6) is 1.62. The fraction of sp³-hybridized carbons (Fsp3) is 0.857. The zero-order chi connectivity index (χ0) is 14.1. The lowest BCUT2D eigenvalue weighted by molar-refractivity contribution is 0.0492. The van der Waals surface area contributed by atoms with E-state index in [2.05, 4.69) is 26.6 Å². The van der Waals surface area contributed by atoms with E-state index in [9.17, 15) is 0 Å². The lowest BCUT2D eigenvalue weighted by Crippen LogP contribution is -2.45. The smallest absolute Gasteiger partial charge is 0.226 e. The van der Waals surface area contributed by atoms with E-state index in [0.29, 0.717) is 12.0 Å².